The molecule has 0 saturated carbocycles. The van der Waals surface area contributed by atoms with Crippen molar-refractivity contribution in [3.8, 4) is 0 Å². The van der Waals surface area contributed by atoms with Crippen molar-refractivity contribution in [1.29, 1.82) is 0 Å². The predicted molar refractivity (Wildman–Crippen MR) is 73.5 cm³/mol. The van der Waals surface area contributed by atoms with Crippen LogP contribution in [0.1, 0.15) is 19.4 Å². The van der Waals surface area contributed by atoms with Crippen LogP contribution in [0, 0.1) is 11.6 Å². The summed E-state index contributed by atoms with van der Waals surface area (Å²) in [5.74, 6) is -1.05. The maximum Gasteiger partial charge on any atom is 0.149 e. The van der Waals surface area contributed by atoms with Crippen molar-refractivity contribution < 1.29 is 13.5 Å². The van der Waals surface area contributed by atoms with Crippen molar-refractivity contribution in [3.63, 3.8) is 0 Å². The number of nitrogens with one attached hydrogen (secondary N) is 1. The molecule has 3 nitrogen and oxygen atoms in total. The van der Waals surface area contributed by atoms with Gasteiger partial charge in [-0.15, -0.1) is 0 Å². The summed E-state index contributed by atoms with van der Waals surface area (Å²) >= 11 is 0. The van der Waals surface area contributed by atoms with Crippen molar-refractivity contribution in [2.75, 3.05) is 38.3 Å². The Morgan fingerprint density at radius 2 is 1.84 bits per heavy atom. The molecule has 0 aliphatic carbocycles. The topological polar surface area (TPSA) is 24.5 Å². The number of rotatable bonds is 8. The number of halogens is 2. The fourth-order valence-electron chi connectivity index (χ4n) is 1.97. The van der Waals surface area contributed by atoms with Crippen molar-refractivity contribution in [3.05, 3.63) is 29.3 Å². The smallest absolute Gasteiger partial charge is 0.149 e. The van der Waals surface area contributed by atoms with E-state index < -0.39 is 11.6 Å². The quantitative estimate of drug-likeness (QED) is 0.736. The molecule has 0 radical (unpaired) electrons. The first-order valence-corrected chi connectivity index (χ1v) is 6.59. The van der Waals surface area contributed by atoms with Gasteiger partial charge in [0.2, 0.25) is 0 Å². The van der Waals surface area contributed by atoms with Crippen LogP contribution in [0.2, 0.25) is 0 Å². The molecule has 0 aromatic heterocycles. The first kappa shape index (κ1) is 15.9. The average molecular weight is 272 g/mol. The van der Waals surface area contributed by atoms with Gasteiger partial charge in [0.25, 0.3) is 0 Å². The minimum Gasteiger partial charge on any atom is -0.380 e. The van der Waals surface area contributed by atoms with Crippen LogP contribution in [0.3, 0.4) is 0 Å². The number of hydrogen-bond donors (Lipinski definition) is 1. The van der Waals surface area contributed by atoms with E-state index in [1.54, 1.807) is 11.9 Å². The Hall–Kier alpha value is -1.20. The van der Waals surface area contributed by atoms with Crippen LogP contribution in [-0.2, 0) is 11.3 Å². The Labute approximate surface area is 113 Å². The molecule has 19 heavy (non-hydrogen) atoms. The van der Waals surface area contributed by atoms with Gasteiger partial charge in [0.05, 0.1) is 6.61 Å². The lowest BCUT2D eigenvalue weighted by atomic mass is 10.1. The van der Waals surface area contributed by atoms with Gasteiger partial charge in [-0.1, -0.05) is 0 Å². The van der Waals surface area contributed by atoms with Gasteiger partial charge in [-0.2, -0.15) is 0 Å². The van der Waals surface area contributed by atoms with Crippen LogP contribution in [0.25, 0.3) is 0 Å². The summed E-state index contributed by atoms with van der Waals surface area (Å²) in [5, 5.41) is 2.88. The Bertz CT molecular complexity index is 376. The molecule has 1 aromatic carbocycles. The fraction of sp³-hybridized carbons (Fsp3) is 0.571. The van der Waals surface area contributed by atoms with Gasteiger partial charge < -0.3 is 15.0 Å². The van der Waals surface area contributed by atoms with Crippen LogP contribution < -0.4 is 10.2 Å². The molecule has 0 bridgehead atoms. The molecule has 0 amide bonds. The summed E-state index contributed by atoms with van der Waals surface area (Å²) in [4.78, 5) is 1.66. The molecule has 0 spiro atoms. The van der Waals surface area contributed by atoms with Crippen molar-refractivity contribution >= 4 is 5.69 Å². The molecule has 108 valence electrons. The maximum absolute atomic E-state index is 14.0. The standard InChI is InChI=1S/C14H22F2N2O/c1-4-18(6-7-19-5-2)14-12(15)8-11(10-17-3)9-13(14)16/h8-9,17H,4-7,10H2,1-3H3. The highest BCUT2D eigenvalue weighted by atomic mass is 19.1. The molecule has 1 rings (SSSR count). The van der Waals surface area contributed by atoms with Crippen molar-refractivity contribution in [2.24, 2.45) is 0 Å². The van der Waals surface area contributed by atoms with E-state index in [0.29, 0.717) is 38.4 Å². The summed E-state index contributed by atoms with van der Waals surface area (Å²) in [7, 11) is 1.74. The minimum atomic E-state index is -0.524. The van der Waals surface area contributed by atoms with E-state index in [9.17, 15) is 8.78 Å². The molecular formula is C14H22F2N2O. The molecular weight excluding hydrogens is 250 g/mol. The highest BCUT2D eigenvalue weighted by molar-refractivity contribution is 5.50. The van der Waals surface area contributed by atoms with E-state index in [1.807, 2.05) is 13.8 Å². The zero-order valence-corrected chi connectivity index (χ0v) is 11.8. The van der Waals surface area contributed by atoms with E-state index in [4.69, 9.17) is 4.74 Å². The second kappa shape index (κ2) is 8.07. The van der Waals surface area contributed by atoms with E-state index in [1.165, 1.54) is 12.1 Å². The maximum atomic E-state index is 14.0. The first-order valence-electron chi connectivity index (χ1n) is 6.59. The van der Waals surface area contributed by atoms with Gasteiger partial charge in [-0.25, -0.2) is 8.78 Å². The second-order valence-electron chi connectivity index (χ2n) is 4.21. The Kier molecular flexibility index (Phi) is 6.73. The summed E-state index contributed by atoms with van der Waals surface area (Å²) < 4.78 is 33.3. The Morgan fingerprint density at radius 3 is 2.32 bits per heavy atom. The number of anilines is 1. The van der Waals surface area contributed by atoms with Gasteiger partial charge in [-0.3, -0.25) is 0 Å². The van der Waals surface area contributed by atoms with E-state index >= 15 is 0 Å². The number of hydrogen-bond acceptors (Lipinski definition) is 3. The monoisotopic (exact) mass is 272 g/mol. The molecule has 1 N–H and O–H groups in total. The summed E-state index contributed by atoms with van der Waals surface area (Å²) in [6, 6.07) is 2.75. The normalized spacial score (nSPS) is 10.8. The van der Waals surface area contributed by atoms with Gasteiger partial charge in [0.1, 0.15) is 17.3 Å². The molecule has 0 aliphatic heterocycles. The van der Waals surface area contributed by atoms with Crippen LogP contribution >= 0.6 is 0 Å². The number of nitrogens with zero attached hydrogens (tertiary/aromatic N) is 1. The predicted octanol–water partition coefficient (Wildman–Crippen LogP) is 2.55. The third kappa shape index (κ3) is 4.44. The number of benzene rings is 1. The largest absolute Gasteiger partial charge is 0.380 e. The SMILES string of the molecule is CCOCCN(CC)c1c(F)cc(CNC)cc1F. The zero-order valence-electron chi connectivity index (χ0n) is 11.8. The van der Waals surface area contributed by atoms with Gasteiger partial charge >= 0.3 is 0 Å². The minimum absolute atomic E-state index is 0.0297. The Balaban J connectivity index is 2.90. The lowest BCUT2D eigenvalue weighted by Crippen LogP contribution is -2.29. The van der Waals surface area contributed by atoms with Gasteiger partial charge in [-0.05, 0) is 38.6 Å². The first-order chi connectivity index (χ1) is 9.13. The van der Waals surface area contributed by atoms with Gasteiger partial charge in [0, 0.05) is 26.2 Å². The lowest BCUT2D eigenvalue weighted by Gasteiger charge is -2.24. The lowest BCUT2D eigenvalue weighted by molar-refractivity contribution is 0.154. The van der Waals surface area contributed by atoms with Crippen LogP contribution in [-0.4, -0.2) is 33.4 Å². The molecule has 1 aromatic rings. The van der Waals surface area contributed by atoms with Crippen LogP contribution in [0.5, 0.6) is 0 Å². The number of ether oxygens (including phenoxy) is 1. The highest BCUT2D eigenvalue weighted by Crippen LogP contribution is 2.24. The average Bonchev–Trinajstić information content (AvgIpc) is 2.36. The molecule has 0 saturated heterocycles. The summed E-state index contributed by atoms with van der Waals surface area (Å²) in [6.07, 6.45) is 0. The second-order valence-corrected chi connectivity index (χ2v) is 4.21. The van der Waals surface area contributed by atoms with Crippen molar-refractivity contribution in [2.45, 2.75) is 20.4 Å². The van der Waals surface area contributed by atoms with E-state index in [-0.39, 0.29) is 5.69 Å². The third-order valence-corrected chi connectivity index (χ3v) is 2.87. The molecule has 0 atom stereocenters. The number of likely N-dealkylation sites (N-methyl/N-ethyl adjacent to an activating group) is 1. The van der Waals surface area contributed by atoms with E-state index in [0.717, 1.165) is 0 Å². The summed E-state index contributed by atoms with van der Waals surface area (Å²) in [5.41, 5.74) is 0.629. The molecule has 0 unspecified atom stereocenters. The highest BCUT2D eigenvalue weighted by Gasteiger charge is 2.16. The molecule has 0 heterocycles. The molecule has 0 fully saturated rings. The Morgan fingerprint density at radius 1 is 1.21 bits per heavy atom. The van der Waals surface area contributed by atoms with Gasteiger partial charge in [0.15, 0.2) is 0 Å². The fourth-order valence-corrected chi connectivity index (χ4v) is 1.97. The third-order valence-electron chi connectivity index (χ3n) is 2.87. The summed E-state index contributed by atoms with van der Waals surface area (Å²) in [6.45, 7) is 6.27. The zero-order chi connectivity index (χ0) is 14.3. The van der Waals surface area contributed by atoms with Crippen LogP contribution in [0.4, 0.5) is 14.5 Å². The van der Waals surface area contributed by atoms with E-state index in [2.05, 4.69) is 5.32 Å². The van der Waals surface area contributed by atoms with Crippen molar-refractivity contribution in [1.82, 2.24) is 5.32 Å². The van der Waals surface area contributed by atoms with Crippen LogP contribution in [0.15, 0.2) is 12.1 Å². The molecule has 0 aliphatic rings. The molecule has 5 heteroatoms.